The minimum Gasteiger partial charge on any atom is -0.326 e. The third kappa shape index (κ3) is 2.84. The maximum atomic E-state index is 12.2. The highest BCUT2D eigenvalue weighted by Gasteiger charge is 2.22. The summed E-state index contributed by atoms with van der Waals surface area (Å²) < 4.78 is 0. The van der Waals surface area contributed by atoms with Crippen molar-refractivity contribution in [1.82, 2.24) is 4.98 Å². The van der Waals surface area contributed by atoms with Gasteiger partial charge >= 0.3 is 0 Å². The monoisotopic (exact) mass is 284 g/mol. The summed E-state index contributed by atoms with van der Waals surface area (Å²) in [4.78, 5) is 26.7. The zero-order valence-corrected chi connectivity index (χ0v) is 12.2. The lowest BCUT2D eigenvalue weighted by Crippen LogP contribution is -2.20. The minimum atomic E-state index is -0.0985. The largest absolute Gasteiger partial charge is 0.326 e. The van der Waals surface area contributed by atoms with Crippen LogP contribution < -0.4 is 10.9 Å². The van der Waals surface area contributed by atoms with Gasteiger partial charge in [0.2, 0.25) is 11.5 Å². The number of anilines is 1. The fourth-order valence-corrected chi connectivity index (χ4v) is 3.14. The first kappa shape index (κ1) is 13.9. The molecule has 4 heteroatoms. The van der Waals surface area contributed by atoms with Crippen molar-refractivity contribution in [2.45, 2.75) is 39.0 Å². The number of aromatic amines is 1. The Bertz CT molecular complexity index is 727. The van der Waals surface area contributed by atoms with Gasteiger partial charge in [0.25, 0.3) is 0 Å². The third-order valence-electron chi connectivity index (χ3n) is 4.30. The van der Waals surface area contributed by atoms with Crippen LogP contribution in [-0.2, 0) is 11.2 Å². The number of hydrogen-bond donors (Lipinski definition) is 2. The molecule has 1 saturated carbocycles. The van der Waals surface area contributed by atoms with Gasteiger partial charge in [0, 0.05) is 23.1 Å². The molecule has 2 aromatic rings. The minimum absolute atomic E-state index is 0.0980. The average molecular weight is 284 g/mol. The van der Waals surface area contributed by atoms with Gasteiger partial charge in [-0.3, -0.25) is 9.59 Å². The number of H-pyrrole nitrogens is 1. The number of benzene rings is 1. The van der Waals surface area contributed by atoms with Gasteiger partial charge in [-0.1, -0.05) is 25.8 Å². The van der Waals surface area contributed by atoms with Crippen molar-refractivity contribution in [2.24, 2.45) is 5.92 Å². The molecular formula is C17H20N2O2. The van der Waals surface area contributed by atoms with Gasteiger partial charge in [-0.25, -0.2) is 0 Å². The standard InChI is InChI=1S/C17H20N2O2/c1-2-11-9-16(20)19-15-10-13(7-8-14(11)15)18-17(21)12-5-3-4-6-12/h7-10,12H,2-6H2,1H3,(H,18,21)(H,19,20). The van der Waals surface area contributed by atoms with Crippen LogP contribution in [0.5, 0.6) is 0 Å². The number of aryl methyl sites for hydroxylation is 1. The lowest BCUT2D eigenvalue weighted by molar-refractivity contribution is -0.119. The molecule has 1 aliphatic rings. The number of aromatic nitrogens is 1. The van der Waals surface area contributed by atoms with E-state index in [2.05, 4.69) is 10.3 Å². The summed E-state index contributed by atoms with van der Waals surface area (Å²) >= 11 is 0. The van der Waals surface area contributed by atoms with E-state index in [0.29, 0.717) is 0 Å². The van der Waals surface area contributed by atoms with Gasteiger partial charge in [-0.15, -0.1) is 0 Å². The SMILES string of the molecule is CCc1cc(=O)[nH]c2cc(NC(=O)C3CCCC3)ccc12. The van der Waals surface area contributed by atoms with Crippen molar-refractivity contribution < 1.29 is 4.79 Å². The second-order valence-electron chi connectivity index (χ2n) is 5.74. The van der Waals surface area contributed by atoms with Crippen molar-refractivity contribution in [1.29, 1.82) is 0 Å². The second kappa shape index (κ2) is 5.72. The zero-order chi connectivity index (χ0) is 14.8. The Morgan fingerprint density at radius 2 is 2.05 bits per heavy atom. The summed E-state index contributed by atoms with van der Waals surface area (Å²) in [5, 5.41) is 4.01. The van der Waals surface area contributed by atoms with Gasteiger partial charge in [0.05, 0.1) is 5.52 Å². The van der Waals surface area contributed by atoms with Crippen LogP contribution in [0.3, 0.4) is 0 Å². The van der Waals surface area contributed by atoms with E-state index in [1.54, 1.807) is 6.07 Å². The molecule has 0 aliphatic heterocycles. The molecule has 0 spiro atoms. The first-order valence-corrected chi connectivity index (χ1v) is 7.64. The fraction of sp³-hybridized carbons (Fsp3) is 0.412. The molecule has 1 aromatic carbocycles. The highest BCUT2D eigenvalue weighted by molar-refractivity contribution is 5.95. The summed E-state index contributed by atoms with van der Waals surface area (Å²) in [6, 6.07) is 7.36. The molecule has 3 rings (SSSR count). The molecule has 2 N–H and O–H groups in total. The number of hydrogen-bond acceptors (Lipinski definition) is 2. The molecule has 0 atom stereocenters. The van der Waals surface area contributed by atoms with Crippen LogP contribution in [0.2, 0.25) is 0 Å². The smallest absolute Gasteiger partial charge is 0.248 e. The molecule has 0 radical (unpaired) electrons. The van der Waals surface area contributed by atoms with Gasteiger partial charge in [-0.05, 0) is 37.0 Å². The molecule has 0 saturated heterocycles. The predicted octanol–water partition coefficient (Wildman–Crippen LogP) is 3.22. The van der Waals surface area contributed by atoms with Crippen molar-refractivity contribution in [2.75, 3.05) is 5.32 Å². The van der Waals surface area contributed by atoms with Gasteiger partial charge < -0.3 is 10.3 Å². The number of carbonyl (C=O) groups excluding carboxylic acids is 1. The van der Waals surface area contributed by atoms with E-state index in [9.17, 15) is 9.59 Å². The van der Waals surface area contributed by atoms with E-state index in [-0.39, 0.29) is 17.4 Å². The molecule has 1 aliphatic carbocycles. The van der Waals surface area contributed by atoms with Crippen LogP contribution in [-0.4, -0.2) is 10.9 Å². The van der Waals surface area contributed by atoms with Crippen LogP contribution >= 0.6 is 0 Å². The molecule has 21 heavy (non-hydrogen) atoms. The number of amides is 1. The second-order valence-corrected chi connectivity index (χ2v) is 5.74. The lowest BCUT2D eigenvalue weighted by atomic mass is 10.1. The lowest BCUT2D eigenvalue weighted by Gasteiger charge is -2.11. The van der Waals surface area contributed by atoms with E-state index in [4.69, 9.17) is 0 Å². The highest BCUT2D eigenvalue weighted by Crippen LogP contribution is 2.27. The summed E-state index contributed by atoms with van der Waals surface area (Å²) in [5.74, 6) is 0.238. The van der Waals surface area contributed by atoms with Crippen molar-refractivity contribution in [3.63, 3.8) is 0 Å². The van der Waals surface area contributed by atoms with Crippen LogP contribution in [0, 0.1) is 5.92 Å². The highest BCUT2D eigenvalue weighted by atomic mass is 16.2. The van der Waals surface area contributed by atoms with Crippen LogP contribution in [0.15, 0.2) is 29.1 Å². The number of fused-ring (bicyclic) bond motifs is 1. The molecule has 1 heterocycles. The maximum Gasteiger partial charge on any atom is 0.248 e. The molecule has 1 fully saturated rings. The van der Waals surface area contributed by atoms with Gasteiger partial charge in [-0.2, -0.15) is 0 Å². The Kier molecular flexibility index (Phi) is 3.78. The zero-order valence-electron chi connectivity index (χ0n) is 12.2. The number of nitrogens with one attached hydrogen (secondary N) is 2. The van der Waals surface area contributed by atoms with Crippen LogP contribution in [0.25, 0.3) is 10.9 Å². The van der Waals surface area contributed by atoms with E-state index >= 15 is 0 Å². The first-order valence-electron chi connectivity index (χ1n) is 7.64. The number of pyridine rings is 1. The summed E-state index contributed by atoms with van der Waals surface area (Å²) in [7, 11) is 0. The number of rotatable bonds is 3. The van der Waals surface area contributed by atoms with Crippen molar-refractivity contribution in [3.8, 4) is 0 Å². The van der Waals surface area contributed by atoms with E-state index < -0.39 is 0 Å². The number of carbonyl (C=O) groups is 1. The van der Waals surface area contributed by atoms with Crippen molar-refractivity contribution in [3.05, 3.63) is 40.2 Å². The van der Waals surface area contributed by atoms with Crippen LogP contribution in [0.4, 0.5) is 5.69 Å². The van der Waals surface area contributed by atoms with E-state index in [1.807, 2.05) is 25.1 Å². The Morgan fingerprint density at radius 1 is 1.29 bits per heavy atom. The third-order valence-corrected chi connectivity index (χ3v) is 4.30. The summed E-state index contributed by atoms with van der Waals surface area (Å²) in [6.45, 7) is 2.03. The first-order chi connectivity index (χ1) is 10.2. The quantitative estimate of drug-likeness (QED) is 0.909. The molecule has 1 amide bonds. The Balaban J connectivity index is 1.90. The molecule has 1 aromatic heterocycles. The van der Waals surface area contributed by atoms with E-state index in [1.165, 1.54) is 0 Å². The molecule has 0 bridgehead atoms. The van der Waals surface area contributed by atoms with Gasteiger partial charge in [0.1, 0.15) is 0 Å². The predicted molar refractivity (Wildman–Crippen MR) is 84.5 cm³/mol. The Labute approximate surface area is 123 Å². The van der Waals surface area contributed by atoms with Crippen molar-refractivity contribution >= 4 is 22.5 Å². The molecule has 0 unspecified atom stereocenters. The fourth-order valence-electron chi connectivity index (χ4n) is 3.14. The summed E-state index contributed by atoms with van der Waals surface area (Å²) in [6.07, 6.45) is 5.06. The molecule has 110 valence electrons. The molecular weight excluding hydrogens is 264 g/mol. The Morgan fingerprint density at radius 3 is 2.76 bits per heavy atom. The van der Waals surface area contributed by atoms with E-state index in [0.717, 1.165) is 54.3 Å². The molecule has 4 nitrogen and oxygen atoms in total. The van der Waals surface area contributed by atoms with Crippen LogP contribution in [0.1, 0.15) is 38.2 Å². The normalized spacial score (nSPS) is 15.5. The maximum absolute atomic E-state index is 12.2. The average Bonchev–Trinajstić information content (AvgIpc) is 3.00. The Hall–Kier alpha value is -2.10. The topological polar surface area (TPSA) is 62.0 Å². The van der Waals surface area contributed by atoms with Gasteiger partial charge in [0.15, 0.2) is 0 Å². The summed E-state index contributed by atoms with van der Waals surface area (Å²) in [5.41, 5.74) is 2.47.